The third-order valence-electron chi connectivity index (χ3n) is 6.79. The van der Waals surface area contributed by atoms with Crippen molar-refractivity contribution >= 4 is 43.2 Å². The molecule has 4 atom stereocenters. The molecule has 162 valence electrons. The number of sulfonamides is 1. The minimum absolute atomic E-state index is 0.0682. The van der Waals surface area contributed by atoms with Crippen LogP contribution in [0.25, 0.3) is 10.2 Å². The lowest BCUT2D eigenvalue weighted by Crippen LogP contribution is -2.40. The molecule has 1 heterocycles. The van der Waals surface area contributed by atoms with Crippen LogP contribution in [0.4, 0.5) is 5.69 Å². The van der Waals surface area contributed by atoms with Crippen LogP contribution in [0.2, 0.25) is 0 Å². The van der Waals surface area contributed by atoms with Gasteiger partial charge in [0.05, 0.1) is 20.6 Å². The zero-order valence-corrected chi connectivity index (χ0v) is 18.9. The van der Waals surface area contributed by atoms with Crippen LogP contribution in [0.5, 0.6) is 0 Å². The number of carbonyl (C=O) groups excluding carboxylic acids is 1. The standard InChI is InChI=1S/C23H25N3O3S2/c1-14(20-11-15-2-3-16(20)10-15)26-31(28,29)19-7-5-18(6-8-19)25-23(27)17-4-9-21-22(12-17)30-13-24-21/h4-9,12-16,20,26H,2-3,10-11H2,1H3,(H,25,27)/t14-,15+,16+,20+/m1/s1. The summed E-state index contributed by atoms with van der Waals surface area (Å²) in [5.41, 5.74) is 3.70. The van der Waals surface area contributed by atoms with Crippen LogP contribution in [0.15, 0.2) is 52.9 Å². The third-order valence-corrected chi connectivity index (χ3v) is 9.16. The summed E-state index contributed by atoms with van der Waals surface area (Å²) in [5.74, 6) is 1.63. The SMILES string of the molecule is C[C@@H](NS(=O)(=O)c1ccc(NC(=O)c2ccc3ncsc3c2)cc1)[C@@H]1C[C@H]2CC[C@H]1C2. The van der Waals surface area contributed by atoms with Gasteiger partial charge in [0.15, 0.2) is 0 Å². The average molecular weight is 456 g/mol. The second-order valence-electron chi connectivity index (χ2n) is 8.76. The normalized spacial score (nSPS) is 23.8. The summed E-state index contributed by atoms with van der Waals surface area (Å²) in [6, 6.07) is 11.6. The fraction of sp³-hybridized carbons (Fsp3) is 0.391. The fourth-order valence-electron chi connectivity index (χ4n) is 5.22. The minimum atomic E-state index is -3.60. The molecule has 1 amide bonds. The molecule has 0 unspecified atom stereocenters. The Labute approximate surface area is 186 Å². The summed E-state index contributed by atoms with van der Waals surface area (Å²) in [6.07, 6.45) is 4.91. The molecule has 0 radical (unpaired) electrons. The van der Waals surface area contributed by atoms with Gasteiger partial charge in [-0.3, -0.25) is 4.79 Å². The Kier molecular flexibility index (Phi) is 5.32. The molecule has 0 spiro atoms. The fourth-order valence-corrected chi connectivity index (χ4v) is 7.23. The number of nitrogens with zero attached hydrogens (tertiary/aromatic N) is 1. The summed E-state index contributed by atoms with van der Waals surface area (Å²) in [6.45, 7) is 1.98. The summed E-state index contributed by atoms with van der Waals surface area (Å²) in [4.78, 5) is 17.0. The third kappa shape index (κ3) is 4.12. The molecule has 2 saturated carbocycles. The number of rotatable bonds is 6. The van der Waals surface area contributed by atoms with Gasteiger partial charge in [0.2, 0.25) is 10.0 Å². The Morgan fingerprint density at radius 1 is 1.13 bits per heavy atom. The quantitative estimate of drug-likeness (QED) is 0.566. The first-order valence-electron chi connectivity index (χ1n) is 10.7. The zero-order chi connectivity index (χ0) is 21.6. The van der Waals surface area contributed by atoms with Crippen LogP contribution in [-0.4, -0.2) is 25.4 Å². The molecule has 1 aromatic heterocycles. The largest absolute Gasteiger partial charge is 0.322 e. The second-order valence-corrected chi connectivity index (χ2v) is 11.4. The number of hydrogen-bond donors (Lipinski definition) is 2. The molecule has 8 heteroatoms. The monoisotopic (exact) mass is 455 g/mol. The lowest BCUT2D eigenvalue weighted by molar-refractivity contribution is 0.102. The van der Waals surface area contributed by atoms with E-state index in [1.165, 1.54) is 42.7 Å². The van der Waals surface area contributed by atoms with E-state index < -0.39 is 10.0 Å². The van der Waals surface area contributed by atoms with Gasteiger partial charge in [-0.1, -0.05) is 6.42 Å². The Hall–Kier alpha value is -2.29. The van der Waals surface area contributed by atoms with Crippen molar-refractivity contribution in [3.05, 3.63) is 53.5 Å². The van der Waals surface area contributed by atoms with Crippen molar-refractivity contribution < 1.29 is 13.2 Å². The van der Waals surface area contributed by atoms with Crippen LogP contribution < -0.4 is 10.0 Å². The molecule has 0 saturated heterocycles. The van der Waals surface area contributed by atoms with Crippen LogP contribution >= 0.6 is 11.3 Å². The maximum atomic E-state index is 12.9. The van der Waals surface area contributed by atoms with Gasteiger partial charge < -0.3 is 5.32 Å². The predicted molar refractivity (Wildman–Crippen MR) is 123 cm³/mol. The van der Waals surface area contributed by atoms with Crippen molar-refractivity contribution in [2.24, 2.45) is 17.8 Å². The van der Waals surface area contributed by atoms with Gasteiger partial charge >= 0.3 is 0 Å². The Bertz CT molecular complexity index is 1220. The van der Waals surface area contributed by atoms with Crippen molar-refractivity contribution in [1.29, 1.82) is 0 Å². The number of amides is 1. The van der Waals surface area contributed by atoms with Gasteiger partial charge in [-0.05, 0) is 86.4 Å². The van der Waals surface area contributed by atoms with Crippen molar-refractivity contribution in [1.82, 2.24) is 9.71 Å². The molecule has 5 rings (SSSR count). The summed E-state index contributed by atoms with van der Waals surface area (Å²) >= 11 is 1.48. The van der Waals surface area contributed by atoms with Crippen molar-refractivity contribution in [3.8, 4) is 0 Å². The van der Waals surface area contributed by atoms with E-state index in [0.29, 0.717) is 23.1 Å². The van der Waals surface area contributed by atoms with Crippen LogP contribution in [-0.2, 0) is 10.0 Å². The van der Waals surface area contributed by atoms with Crippen LogP contribution in [0.3, 0.4) is 0 Å². The number of hydrogen-bond acceptors (Lipinski definition) is 5. The molecule has 31 heavy (non-hydrogen) atoms. The predicted octanol–water partition coefficient (Wildman–Crippen LogP) is 4.65. The van der Waals surface area contributed by atoms with Gasteiger partial charge in [0.1, 0.15) is 0 Å². The Balaban J connectivity index is 1.25. The van der Waals surface area contributed by atoms with E-state index in [9.17, 15) is 13.2 Å². The number of carbonyl (C=O) groups is 1. The molecule has 2 aromatic carbocycles. The van der Waals surface area contributed by atoms with Crippen LogP contribution in [0.1, 0.15) is 43.0 Å². The highest BCUT2D eigenvalue weighted by Gasteiger charge is 2.42. The Morgan fingerprint density at radius 2 is 1.94 bits per heavy atom. The molecule has 3 aromatic rings. The topological polar surface area (TPSA) is 88.2 Å². The number of benzene rings is 2. The maximum absolute atomic E-state index is 12.9. The lowest BCUT2D eigenvalue weighted by Gasteiger charge is -2.28. The van der Waals surface area contributed by atoms with Crippen molar-refractivity contribution in [3.63, 3.8) is 0 Å². The number of aromatic nitrogens is 1. The Morgan fingerprint density at radius 3 is 2.65 bits per heavy atom. The molecule has 2 fully saturated rings. The number of fused-ring (bicyclic) bond motifs is 3. The molecule has 2 bridgehead atoms. The van der Waals surface area contributed by atoms with Gasteiger partial charge in [0, 0.05) is 17.3 Å². The minimum Gasteiger partial charge on any atom is -0.322 e. The molecule has 2 aliphatic carbocycles. The highest BCUT2D eigenvalue weighted by Crippen LogP contribution is 2.49. The first kappa shape index (κ1) is 20.6. The van der Waals surface area contributed by atoms with E-state index in [1.807, 2.05) is 19.1 Å². The van der Waals surface area contributed by atoms with Gasteiger partial charge in [-0.15, -0.1) is 11.3 Å². The van der Waals surface area contributed by atoms with E-state index in [0.717, 1.165) is 22.6 Å². The number of thiazole rings is 1. The molecular formula is C23H25N3O3S2. The van der Waals surface area contributed by atoms with E-state index in [-0.39, 0.29) is 16.8 Å². The lowest BCUT2D eigenvalue weighted by atomic mass is 9.84. The molecule has 0 aliphatic heterocycles. The summed E-state index contributed by atoms with van der Waals surface area (Å²) in [7, 11) is -3.60. The van der Waals surface area contributed by atoms with Gasteiger partial charge in [-0.25, -0.2) is 18.1 Å². The maximum Gasteiger partial charge on any atom is 0.255 e. The molecular weight excluding hydrogens is 430 g/mol. The molecule has 6 nitrogen and oxygen atoms in total. The highest BCUT2D eigenvalue weighted by atomic mass is 32.2. The summed E-state index contributed by atoms with van der Waals surface area (Å²) < 4.78 is 29.5. The van der Waals surface area contributed by atoms with E-state index in [2.05, 4.69) is 15.0 Å². The molecule has 2 N–H and O–H groups in total. The first-order valence-corrected chi connectivity index (χ1v) is 13.0. The molecule has 2 aliphatic rings. The van der Waals surface area contributed by atoms with Gasteiger partial charge in [0.25, 0.3) is 5.91 Å². The van der Waals surface area contributed by atoms with E-state index >= 15 is 0 Å². The van der Waals surface area contributed by atoms with E-state index in [1.54, 1.807) is 23.7 Å². The van der Waals surface area contributed by atoms with E-state index in [4.69, 9.17) is 0 Å². The smallest absolute Gasteiger partial charge is 0.255 e. The zero-order valence-electron chi connectivity index (χ0n) is 17.2. The van der Waals surface area contributed by atoms with Crippen molar-refractivity contribution in [2.45, 2.75) is 43.5 Å². The average Bonchev–Trinajstić information content (AvgIpc) is 3.50. The van der Waals surface area contributed by atoms with Gasteiger partial charge in [-0.2, -0.15) is 0 Å². The van der Waals surface area contributed by atoms with Crippen LogP contribution in [0, 0.1) is 17.8 Å². The second kappa shape index (κ2) is 8.00. The number of anilines is 1. The van der Waals surface area contributed by atoms with Crippen molar-refractivity contribution in [2.75, 3.05) is 5.32 Å². The highest BCUT2D eigenvalue weighted by molar-refractivity contribution is 7.89. The summed E-state index contributed by atoms with van der Waals surface area (Å²) in [5, 5.41) is 2.83. The number of nitrogens with one attached hydrogen (secondary N) is 2. The first-order chi connectivity index (χ1) is 14.9.